The zero-order chi connectivity index (χ0) is 53.1. The maximum absolute atomic E-state index is 13.9. The van der Waals surface area contributed by atoms with Crippen LogP contribution in [-0.4, -0.2) is 44.6 Å². The van der Waals surface area contributed by atoms with Crippen molar-refractivity contribution in [3.8, 4) is 0 Å². The maximum atomic E-state index is 13.9. The fourth-order valence-electron chi connectivity index (χ4n) is 8.86. The first-order valence-corrected chi connectivity index (χ1v) is 36.5. The Labute approximate surface area is 515 Å². The number of nitrogens with zero attached hydrogens (tertiary/aromatic N) is 2. The van der Waals surface area contributed by atoms with Crippen LogP contribution in [-0.2, 0) is 19.2 Å². The highest BCUT2D eigenvalue weighted by molar-refractivity contribution is 9.93. The molecule has 0 radical (unpaired) electrons. The Morgan fingerprint density at radius 2 is 0.716 bits per heavy atom. The third-order valence-electron chi connectivity index (χ3n) is 11.9. The van der Waals surface area contributed by atoms with Crippen molar-refractivity contribution in [3.05, 3.63) is 167 Å². The summed E-state index contributed by atoms with van der Waals surface area (Å²) in [6.45, 7) is 8.00. The number of anilines is 2. The molecule has 0 bridgehead atoms. The van der Waals surface area contributed by atoms with Gasteiger partial charge in [-0.2, -0.15) is 0 Å². The molecule has 22 heteroatoms. The lowest BCUT2D eigenvalue weighted by Gasteiger charge is -2.23. The van der Waals surface area contributed by atoms with Crippen LogP contribution < -0.4 is 9.80 Å². The summed E-state index contributed by atoms with van der Waals surface area (Å²) in [7, 11) is 0. The van der Waals surface area contributed by atoms with Gasteiger partial charge in [0.1, 0.15) is 0 Å². The number of carbonyl (C=O) groups is 4. The summed E-state index contributed by atoms with van der Waals surface area (Å²) in [5, 5.41) is 6.24. The molecular weight excluding hydrogens is 1430 g/mol. The molecule has 386 valence electrons. The molecule has 2 fully saturated rings. The topological polar surface area (TPSA) is 74.8 Å². The van der Waals surface area contributed by atoms with Gasteiger partial charge in [-0.3, -0.25) is 19.2 Å². The van der Waals surface area contributed by atoms with Crippen molar-refractivity contribution in [3.63, 3.8) is 0 Å². The highest BCUT2D eigenvalue weighted by atomic mass is 80.9. The van der Waals surface area contributed by atoms with Gasteiger partial charge in [0.05, 0.1) is 62.7 Å². The second-order valence-electron chi connectivity index (χ2n) is 16.0. The second-order valence-corrected chi connectivity index (χ2v) is 29.1. The Bertz CT molecular complexity index is 2990. The molecule has 8 atom stereocenters. The van der Waals surface area contributed by atoms with Gasteiger partial charge in [-0.05, 0) is 80.4 Å². The summed E-state index contributed by atoms with van der Waals surface area (Å²) in [6, 6.07) is 26.2. The van der Waals surface area contributed by atoms with Crippen LogP contribution in [0.25, 0.3) is 19.6 Å². The number of halogens is 8. The molecule has 12 rings (SSSR count). The summed E-state index contributed by atoms with van der Waals surface area (Å²) in [5.74, 6) is -2.31. The molecule has 0 aliphatic carbocycles. The van der Waals surface area contributed by atoms with Crippen LogP contribution in [0.1, 0.15) is 47.2 Å². The Morgan fingerprint density at radius 3 is 0.959 bits per heavy atom. The van der Waals surface area contributed by atoms with E-state index in [1.165, 1.54) is 9.80 Å². The van der Waals surface area contributed by atoms with E-state index in [0.29, 0.717) is 31.5 Å². The summed E-state index contributed by atoms with van der Waals surface area (Å²) in [6.07, 6.45) is 8.11. The molecule has 2 saturated heterocycles. The Morgan fingerprint density at radius 1 is 0.432 bits per heavy atom. The molecule has 74 heavy (non-hydrogen) atoms. The van der Waals surface area contributed by atoms with Crippen molar-refractivity contribution in [1.29, 1.82) is 0 Å². The van der Waals surface area contributed by atoms with Crippen LogP contribution in [0.5, 0.6) is 0 Å². The van der Waals surface area contributed by atoms with Crippen LogP contribution in [0, 0.1) is 23.7 Å². The minimum atomic E-state index is -0.423. The summed E-state index contributed by atoms with van der Waals surface area (Å²) in [5.41, 5.74) is 1.22. The van der Waals surface area contributed by atoms with E-state index in [9.17, 15) is 19.2 Å². The van der Waals surface area contributed by atoms with E-state index >= 15 is 0 Å². The summed E-state index contributed by atoms with van der Waals surface area (Å²) in [4.78, 5) is 66.4. The molecule has 0 saturated carbocycles. The van der Waals surface area contributed by atoms with Crippen molar-refractivity contribution in [1.82, 2.24) is 0 Å². The van der Waals surface area contributed by atoms with Gasteiger partial charge in [0, 0.05) is 99.1 Å². The van der Waals surface area contributed by atoms with Crippen molar-refractivity contribution >= 4 is 254 Å². The molecule has 0 spiro atoms. The third-order valence-corrected chi connectivity index (χ3v) is 26.3. The lowest BCUT2D eigenvalue weighted by atomic mass is 9.95. The number of hydrogen-bond acceptors (Lipinski definition) is 12. The number of carbonyl (C=O) groups excluding carboxylic acids is 4. The number of para-hydroxylation sites is 2. The molecule has 4 aromatic heterocycles. The van der Waals surface area contributed by atoms with Crippen molar-refractivity contribution < 1.29 is 19.2 Å². The van der Waals surface area contributed by atoms with Gasteiger partial charge in [-0.25, -0.2) is 9.80 Å². The van der Waals surface area contributed by atoms with Crippen LogP contribution in [0.4, 0.5) is 11.4 Å². The molecule has 6 aromatic rings. The van der Waals surface area contributed by atoms with Crippen molar-refractivity contribution in [2.75, 3.05) is 9.80 Å². The second kappa shape index (κ2) is 26.5. The van der Waals surface area contributed by atoms with Gasteiger partial charge in [0.2, 0.25) is 23.6 Å². The summed E-state index contributed by atoms with van der Waals surface area (Å²) < 4.78 is 1.74. The van der Waals surface area contributed by atoms with Gasteiger partial charge in [0.25, 0.3) is 0 Å². The first kappa shape index (κ1) is 59.1. The summed E-state index contributed by atoms with van der Waals surface area (Å²) >= 11 is 50.5. The third kappa shape index (κ3) is 12.2. The fourth-order valence-corrected chi connectivity index (χ4v) is 21.2. The van der Waals surface area contributed by atoms with Crippen molar-refractivity contribution in [2.45, 2.75) is 48.7 Å². The molecule has 10 heterocycles. The monoisotopic (exact) mass is 1470 g/mol. The lowest BCUT2D eigenvalue weighted by Crippen LogP contribution is -2.41. The lowest BCUT2D eigenvalue weighted by molar-refractivity contribution is -0.129. The average Bonchev–Trinajstić information content (AvgIpc) is 4.29. The van der Waals surface area contributed by atoms with E-state index in [1.807, 2.05) is 148 Å². The van der Waals surface area contributed by atoms with Crippen LogP contribution in [0.2, 0.25) is 20.1 Å². The number of imide groups is 2. The Hall–Kier alpha value is -1.04. The van der Waals surface area contributed by atoms with E-state index in [1.54, 1.807) is 92.4 Å². The largest absolute Gasteiger partial charge is 0.273 e. The zero-order valence-electron chi connectivity index (χ0n) is 39.0. The molecule has 0 N–H and O–H groups in total. The van der Waals surface area contributed by atoms with Crippen molar-refractivity contribution in [2.24, 2.45) is 23.7 Å². The molecule has 8 unspecified atom stereocenters. The molecule has 6 aliphatic rings. The number of amides is 4. The fraction of sp³-hybridized carbons (Fsp3) is 0.231. The van der Waals surface area contributed by atoms with Gasteiger partial charge in [-0.15, -0.1) is 92.4 Å². The Balaban J connectivity index is 0.000000179. The highest BCUT2D eigenvalue weighted by Gasteiger charge is 2.55. The number of hydrogen-bond donors (Lipinski definition) is 0. The van der Waals surface area contributed by atoms with E-state index < -0.39 is 23.7 Å². The van der Waals surface area contributed by atoms with E-state index in [4.69, 9.17) is 46.4 Å². The maximum Gasteiger partial charge on any atom is 0.241 e. The molecular formula is C52H40Br4Cl4N2O4S8. The number of fused-ring (bicyclic) bond motifs is 6. The van der Waals surface area contributed by atoms with Gasteiger partial charge in [0.15, 0.2) is 0 Å². The molecule has 2 aromatic carbocycles. The van der Waals surface area contributed by atoms with E-state index in [-0.39, 0.29) is 44.6 Å². The molecule has 4 amide bonds. The number of benzene rings is 2. The van der Waals surface area contributed by atoms with Crippen LogP contribution in [0.15, 0.2) is 128 Å². The standard InChI is InChI=1S/C24H13Br2Cl2NO2S4.C24H15Cl2NO2S4.2C2H6.Br2/c25-21-13(27)8-17(34-21)15-6-11-19(32-15)20-12(7-16(33-20)18-9-14(28)22(26)35-18)24(31)29(23(11)30)10-4-2-1-3-5-10;25-12-6-17(30-10-12)19-8-15-21(32-19)22-16(9-20(33-22)18-7-13(26)11-31-18)24(29)27(23(15)28)14-4-2-1-3-5-14;3*1-2/h1-9,11-12,19-20H;1-11,15-16,21-22H;2*1-2H3;. The minimum absolute atomic E-state index is 0.0507. The van der Waals surface area contributed by atoms with Gasteiger partial charge in [-0.1, -0.05) is 135 Å². The molecule has 6 aliphatic heterocycles. The Kier molecular flexibility index (Phi) is 21.2. The average molecular weight is 1470 g/mol. The predicted molar refractivity (Wildman–Crippen MR) is 343 cm³/mol. The predicted octanol–water partition coefficient (Wildman–Crippen LogP) is 20.3. The van der Waals surface area contributed by atoms with Gasteiger partial charge >= 0.3 is 0 Å². The first-order chi connectivity index (χ1) is 35.8. The smallest absolute Gasteiger partial charge is 0.241 e. The van der Waals surface area contributed by atoms with Crippen LogP contribution in [0.3, 0.4) is 0 Å². The molecule has 6 nitrogen and oxygen atoms in total. The number of thiophene rings is 4. The normalized spacial score (nSPS) is 24.4. The van der Waals surface area contributed by atoms with E-state index in [2.05, 4.69) is 60.1 Å². The number of thioether (sulfide) groups is 4. The first-order valence-electron chi connectivity index (χ1n) is 22.7. The highest BCUT2D eigenvalue weighted by Crippen LogP contribution is 2.60. The van der Waals surface area contributed by atoms with Crippen LogP contribution >= 0.6 is 199 Å². The SMILES string of the molecule is BrBr.CC.CC.O=C1C2C=C(c3cc(Cl)c(Br)s3)SC2C2SC(c3cc(Cl)c(Br)s3)=CC2C(=O)N1c1ccccc1.O=C1C2C=C(c3cc(Cl)cs3)SC2C2SC(c3cc(Cl)cs3)=CC2C(=O)N1c1ccccc1. The quantitative estimate of drug-likeness (QED) is 0.153. The number of rotatable bonds is 6. The van der Waals surface area contributed by atoms with E-state index in [0.717, 1.165) is 46.7 Å². The zero-order valence-corrected chi connectivity index (χ0v) is 54.9. The van der Waals surface area contributed by atoms with Gasteiger partial charge < -0.3 is 0 Å². The minimum Gasteiger partial charge on any atom is -0.273 e.